The van der Waals surface area contributed by atoms with Crippen LogP contribution >= 0.6 is 34.8 Å². The Kier molecular flexibility index (Phi) is 5.92. The average molecular weight is 409 g/mol. The zero-order valence-electron chi connectivity index (χ0n) is 14.0. The van der Waals surface area contributed by atoms with Crippen LogP contribution < -0.4 is 0 Å². The molecule has 134 valence electrons. The van der Waals surface area contributed by atoms with Crippen LogP contribution in [0.1, 0.15) is 22.8 Å². The quantitative estimate of drug-likeness (QED) is 0.461. The fourth-order valence-electron chi connectivity index (χ4n) is 2.68. The van der Waals surface area contributed by atoms with Crippen LogP contribution in [0.4, 0.5) is 0 Å². The van der Waals surface area contributed by atoms with Gasteiger partial charge in [0, 0.05) is 39.6 Å². The smallest absolute Gasteiger partial charge is 0.340 e. The number of hydrogen-bond donors (Lipinski definition) is 0. The second-order valence-corrected chi connectivity index (χ2v) is 7.00. The van der Waals surface area contributed by atoms with Gasteiger partial charge in [-0.25, -0.2) is 4.79 Å². The Bertz CT molecular complexity index is 933. The molecule has 0 aliphatic carbocycles. The van der Waals surface area contributed by atoms with Gasteiger partial charge in [0.2, 0.25) is 0 Å². The molecule has 1 aromatic heterocycles. The number of hydrogen-bond acceptors (Lipinski definition) is 2. The molecule has 0 aliphatic heterocycles. The first kappa shape index (κ1) is 18.8. The van der Waals surface area contributed by atoms with E-state index in [0.29, 0.717) is 33.8 Å². The predicted octanol–water partition coefficient (Wildman–Crippen LogP) is 6.34. The molecule has 2 aromatic carbocycles. The van der Waals surface area contributed by atoms with Crippen LogP contribution in [0.2, 0.25) is 15.1 Å². The highest BCUT2D eigenvalue weighted by Crippen LogP contribution is 2.28. The third kappa shape index (κ3) is 4.24. The van der Waals surface area contributed by atoms with E-state index in [1.165, 1.54) is 0 Å². The number of carbonyl (C=O) groups excluding carboxylic acids is 1. The maximum absolute atomic E-state index is 12.4. The van der Waals surface area contributed by atoms with Gasteiger partial charge in [-0.2, -0.15) is 0 Å². The Morgan fingerprint density at radius 2 is 1.69 bits per heavy atom. The monoisotopic (exact) mass is 407 g/mol. The molecule has 3 rings (SSSR count). The molecule has 0 amide bonds. The number of aromatic nitrogens is 1. The predicted molar refractivity (Wildman–Crippen MR) is 106 cm³/mol. The zero-order valence-corrected chi connectivity index (χ0v) is 16.3. The van der Waals surface area contributed by atoms with Crippen LogP contribution in [-0.2, 0) is 11.3 Å². The Balaban J connectivity index is 2.00. The summed E-state index contributed by atoms with van der Waals surface area (Å²) in [5.74, 6) is -0.363. The van der Waals surface area contributed by atoms with Crippen molar-refractivity contribution in [3.63, 3.8) is 0 Å². The van der Waals surface area contributed by atoms with Crippen molar-refractivity contribution >= 4 is 40.8 Å². The standard InChI is InChI=1S/C20H16Cl3NO2/c1-2-26-20(25)18-12-24(10-14-5-8-16(22)9-19(14)23)11-17(18)13-3-6-15(21)7-4-13/h3-9,11-12H,2,10H2,1H3. The van der Waals surface area contributed by atoms with Gasteiger partial charge in [0.1, 0.15) is 0 Å². The summed E-state index contributed by atoms with van der Waals surface area (Å²) in [4.78, 5) is 12.4. The molecule has 0 saturated heterocycles. The van der Waals surface area contributed by atoms with Gasteiger partial charge in [0.15, 0.2) is 0 Å². The fraction of sp³-hybridized carbons (Fsp3) is 0.150. The molecule has 6 heteroatoms. The fourth-order valence-corrected chi connectivity index (χ4v) is 3.27. The van der Waals surface area contributed by atoms with E-state index in [0.717, 1.165) is 16.7 Å². The van der Waals surface area contributed by atoms with Gasteiger partial charge < -0.3 is 9.30 Å². The van der Waals surface area contributed by atoms with Crippen LogP contribution in [-0.4, -0.2) is 17.1 Å². The molecule has 0 bridgehead atoms. The molecular formula is C20H16Cl3NO2. The summed E-state index contributed by atoms with van der Waals surface area (Å²) in [7, 11) is 0. The summed E-state index contributed by atoms with van der Waals surface area (Å²) in [5.41, 5.74) is 3.08. The van der Waals surface area contributed by atoms with Gasteiger partial charge in [0.05, 0.1) is 12.2 Å². The van der Waals surface area contributed by atoms with Gasteiger partial charge >= 0.3 is 5.97 Å². The largest absolute Gasteiger partial charge is 0.462 e. The summed E-state index contributed by atoms with van der Waals surface area (Å²) < 4.78 is 7.10. The number of nitrogens with zero attached hydrogens (tertiary/aromatic N) is 1. The van der Waals surface area contributed by atoms with E-state index in [4.69, 9.17) is 39.5 Å². The topological polar surface area (TPSA) is 31.2 Å². The lowest BCUT2D eigenvalue weighted by atomic mass is 10.1. The lowest BCUT2D eigenvalue weighted by molar-refractivity contribution is 0.0527. The van der Waals surface area contributed by atoms with Crippen molar-refractivity contribution < 1.29 is 9.53 Å². The number of carbonyl (C=O) groups is 1. The SMILES string of the molecule is CCOC(=O)c1cn(Cc2ccc(Cl)cc2Cl)cc1-c1ccc(Cl)cc1. The summed E-state index contributed by atoms with van der Waals surface area (Å²) in [6.07, 6.45) is 3.67. The number of rotatable bonds is 5. The molecular weight excluding hydrogens is 393 g/mol. The van der Waals surface area contributed by atoms with Crippen molar-refractivity contribution in [2.75, 3.05) is 6.61 Å². The highest BCUT2D eigenvalue weighted by Gasteiger charge is 2.17. The third-order valence-corrected chi connectivity index (χ3v) is 4.74. The van der Waals surface area contributed by atoms with E-state index >= 15 is 0 Å². The summed E-state index contributed by atoms with van der Waals surface area (Å²) >= 11 is 18.2. The van der Waals surface area contributed by atoms with E-state index in [1.807, 2.05) is 29.0 Å². The summed E-state index contributed by atoms with van der Waals surface area (Å²) in [6.45, 7) is 2.60. The van der Waals surface area contributed by atoms with Crippen LogP contribution in [0, 0.1) is 0 Å². The minimum Gasteiger partial charge on any atom is -0.462 e. The first-order valence-corrected chi connectivity index (χ1v) is 9.18. The first-order chi connectivity index (χ1) is 12.5. The second kappa shape index (κ2) is 8.17. The van der Waals surface area contributed by atoms with Gasteiger partial charge in [-0.05, 0) is 42.3 Å². The van der Waals surface area contributed by atoms with Gasteiger partial charge in [-0.15, -0.1) is 0 Å². The lowest BCUT2D eigenvalue weighted by Crippen LogP contribution is -2.05. The molecule has 1 heterocycles. The van der Waals surface area contributed by atoms with Crippen molar-refractivity contribution in [1.29, 1.82) is 0 Å². The maximum Gasteiger partial charge on any atom is 0.340 e. The van der Waals surface area contributed by atoms with Crippen molar-refractivity contribution in [1.82, 2.24) is 4.57 Å². The highest BCUT2D eigenvalue weighted by atomic mass is 35.5. The van der Waals surface area contributed by atoms with Crippen molar-refractivity contribution in [3.05, 3.63) is 81.1 Å². The molecule has 0 spiro atoms. The van der Waals surface area contributed by atoms with E-state index in [-0.39, 0.29) is 5.97 Å². The summed E-state index contributed by atoms with van der Waals surface area (Å²) in [5, 5.41) is 1.80. The Morgan fingerprint density at radius 3 is 2.35 bits per heavy atom. The van der Waals surface area contributed by atoms with Crippen molar-refractivity contribution in [2.24, 2.45) is 0 Å². The van der Waals surface area contributed by atoms with E-state index < -0.39 is 0 Å². The molecule has 0 radical (unpaired) electrons. The van der Waals surface area contributed by atoms with E-state index in [1.54, 1.807) is 37.4 Å². The third-order valence-electron chi connectivity index (χ3n) is 3.90. The van der Waals surface area contributed by atoms with Gasteiger partial charge in [-0.1, -0.05) is 53.0 Å². The van der Waals surface area contributed by atoms with Crippen LogP contribution in [0.5, 0.6) is 0 Å². The molecule has 3 aromatic rings. The highest BCUT2D eigenvalue weighted by molar-refractivity contribution is 6.35. The number of esters is 1. The molecule has 3 nitrogen and oxygen atoms in total. The van der Waals surface area contributed by atoms with Crippen molar-refractivity contribution in [2.45, 2.75) is 13.5 Å². The normalized spacial score (nSPS) is 10.8. The van der Waals surface area contributed by atoms with Crippen LogP contribution in [0.3, 0.4) is 0 Å². The molecule has 0 aliphatic rings. The van der Waals surface area contributed by atoms with Crippen LogP contribution in [0.25, 0.3) is 11.1 Å². The zero-order chi connectivity index (χ0) is 18.7. The molecule has 0 fully saturated rings. The Labute approximate surface area is 167 Å². The van der Waals surface area contributed by atoms with E-state index in [2.05, 4.69) is 0 Å². The minimum absolute atomic E-state index is 0.313. The molecule has 0 atom stereocenters. The minimum atomic E-state index is -0.363. The second-order valence-electron chi connectivity index (χ2n) is 5.72. The maximum atomic E-state index is 12.4. The van der Waals surface area contributed by atoms with Gasteiger partial charge in [-0.3, -0.25) is 0 Å². The Hall–Kier alpha value is -1.94. The first-order valence-electron chi connectivity index (χ1n) is 8.04. The van der Waals surface area contributed by atoms with E-state index in [9.17, 15) is 4.79 Å². The lowest BCUT2D eigenvalue weighted by Gasteiger charge is -2.06. The van der Waals surface area contributed by atoms with Crippen molar-refractivity contribution in [3.8, 4) is 11.1 Å². The number of benzene rings is 2. The number of halogens is 3. The molecule has 26 heavy (non-hydrogen) atoms. The molecule has 0 unspecified atom stereocenters. The summed E-state index contributed by atoms with van der Waals surface area (Å²) in [6, 6.07) is 12.7. The van der Waals surface area contributed by atoms with Gasteiger partial charge in [0.25, 0.3) is 0 Å². The Morgan fingerprint density at radius 1 is 1.00 bits per heavy atom. The molecule has 0 saturated carbocycles. The number of ether oxygens (including phenoxy) is 1. The average Bonchev–Trinajstić information content (AvgIpc) is 3.02. The molecule has 0 N–H and O–H groups in total. The van der Waals surface area contributed by atoms with Crippen LogP contribution in [0.15, 0.2) is 54.9 Å².